The van der Waals surface area contributed by atoms with Gasteiger partial charge in [-0.25, -0.2) is 0 Å². The van der Waals surface area contributed by atoms with E-state index in [2.05, 4.69) is 5.32 Å². The van der Waals surface area contributed by atoms with Crippen molar-refractivity contribution in [3.63, 3.8) is 0 Å². The smallest absolute Gasteiger partial charge is 0.231 e. The Balaban J connectivity index is 1.64. The molecule has 124 valence electrons. The molecule has 2 aliphatic rings. The summed E-state index contributed by atoms with van der Waals surface area (Å²) in [6, 6.07) is 7.64. The van der Waals surface area contributed by atoms with E-state index in [9.17, 15) is 9.59 Å². The molecule has 1 heterocycles. The van der Waals surface area contributed by atoms with E-state index >= 15 is 0 Å². The van der Waals surface area contributed by atoms with E-state index in [1.807, 2.05) is 29.2 Å². The van der Waals surface area contributed by atoms with Gasteiger partial charge in [-0.1, -0.05) is 23.7 Å². The van der Waals surface area contributed by atoms with Crippen molar-refractivity contribution < 1.29 is 9.59 Å². The van der Waals surface area contributed by atoms with E-state index in [4.69, 9.17) is 17.3 Å². The number of hydrogen-bond donors (Lipinski definition) is 2. The zero-order chi connectivity index (χ0) is 16.4. The van der Waals surface area contributed by atoms with Gasteiger partial charge < -0.3 is 11.1 Å². The molecule has 0 radical (unpaired) electrons. The van der Waals surface area contributed by atoms with Crippen LogP contribution in [0.3, 0.4) is 0 Å². The van der Waals surface area contributed by atoms with Crippen molar-refractivity contribution in [2.45, 2.75) is 37.1 Å². The van der Waals surface area contributed by atoms with Crippen LogP contribution in [-0.2, 0) is 15.0 Å². The molecule has 1 aliphatic heterocycles. The predicted molar refractivity (Wildman–Crippen MR) is 89.2 cm³/mol. The van der Waals surface area contributed by atoms with Gasteiger partial charge >= 0.3 is 0 Å². The molecule has 1 aromatic carbocycles. The molecule has 0 aromatic heterocycles. The van der Waals surface area contributed by atoms with E-state index in [0.29, 0.717) is 11.6 Å². The zero-order valence-corrected chi connectivity index (χ0v) is 13.8. The highest BCUT2D eigenvalue weighted by Gasteiger charge is 2.51. The Kier molecular flexibility index (Phi) is 4.60. The third kappa shape index (κ3) is 3.67. The number of halogens is 1. The lowest BCUT2D eigenvalue weighted by atomic mass is 9.94. The minimum absolute atomic E-state index is 0.0747. The van der Waals surface area contributed by atoms with Crippen molar-refractivity contribution in [3.05, 3.63) is 34.9 Å². The highest BCUT2D eigenvalue weighted by molar-refractivity contribution is 6.30. The standard InChI is InChI=1S/C17H22ClN3O2/c18-13-4-1-3-12(9-13)17(6-7-17)16(23)20-14-5-2-8-21(10-14)11-15(19)22/h1,3-4,9,14H,2,5-8,10-11H2,(H2,19,22)(H,20,23)/t14-/m1/s1. The maximum absolute atomic E-state index is 12.8. The molecular weight excluding hydrogens is 314 g/mol. The van der Waals surface area contributed by atoms with Crippen molar-refractivity contribution in [3.8, 4) is 0 Å². The van der Waals surface area contributed by atoms with Crippen LogP contribution in [0.4, 0.5) is 0 Å². The number of benzene rings is 1. The summed E-state index contributed by atoms with van der Waals surface area (Å²) in [5.41, 5.74) is 5.83. The van der Waals surface area contributed by atoms with Gasteiger partial charge in [0.1, 0.15) is 0 Å². The number of rotatable bonds is 5. The molecule has 3 rings (SSSR count). The summed E-state index contributed by atoms with van der Waals surface area (Å²) in [5, 5.41) is 3.83. The van der Waals surface area contributed by atoms with Crippen molar-refractivity contribution in [1.82, 2.24) is 10.2 Å². The lowest BCUT2D eigenvalue weighted by Crippen LogP contribution is -2.51. The van der Waals surface area contributed by atoms with E-state index < -0.39 is 5.41 Å². The second-order valence-corrected chi connectivity index (χ2v) is 7.04. The first kappa shape index (κ1) is 16.3. The average molecular weight is 336 g/mol. The van der Waals surface area contributed by atoms with Crippen LogP contribution in [0.25, 0.3) is 0 Å². The molecule has 1 aromatic rings. The third-order valence-corrected chi connectivity index (χ3v) is 5.02. The van der Waals surface area contributed by atoms with Crippen LogP contribution < -0.4 is 11.1 Å². The number of nitrogens with one attached hydrogen (secondary N) is 1. The quantitative estimate of drug-likeness (QED) is 0.855. The van der Waals surface area contributed by atoms with E-state index in [-0.39, 0.29) is 24.4 Å². The van der Waals surface area contributed by atoms with Crippen molar-refractivity contribution >= 4 is 23.4 Å². The van der Waals surface area contributed by atoms with Crippen LogP contribution >= 0.6 is 11.6 Å². The van der Waals surface area contributed by atoms with Crippen LogP contribution in [-0.4, -0.2) is 42.4 Å². The lowest BCUT2D eigenvalue weighted by molar-refractivity contribution is -0.124. The molecule has 3 N–H and O–H groups in total. The Hall–Kier alpha value is -1.59. The van der Waals surface area contributed by atoms with Gasteiger partial charge in [-0.2, -0.15) is 0 Å². The van der Waals surface area contributed by atoms with Crippen LogP contribution in [0.5, 0.6) is 0 Å². The summed E-state index contributed by atoms with van der Waals surface area (Å²) in [7, 11) is 0. The van der Waals surface area contributed by atoms with Gasteiger partial charge in [0.2, 0.25) is 11.8 Å². The second kappa shape index (κ2) is 6.49. The summed E-state index contributed by atoms with van der Waals surface area (Å²) in [5.74, 6) is -0.250. The maximum atomic E-state index is 12.8. The summed E-state index contributed by atoms with van der Waals surface area (Å²) in [6.45, 7) is 1.79. The fraction of sp³-hybridized carbons (Fsp3) is 0.529. The molecule has 0 spiro atoms. The van der Waals surface area contributed by atoms with Gasteiger partial charge in [0.15, 0.2) is 0 Å². The number of carbonyl (C=O) groups excluding carboxylic acids is 2. The number of likely N-dealkylation sites (tertiary alicyclic amines) is 1. The Morgan fingerprint density at radius 1 is 1.39 bits per heavy atom. The second-order valence-electron chi connectivity index (χ2n) is 6.61. The number of carbonyl (C=O) groups is 2. The number of nitrogens with zero attached hydrogens (tertiary/aromatic N) is 1. The highest BCUT2D eigenvalue weighted by atomic mass is 35.5. The Morgan fingerprint density at radius 3 is 2.83 bits per heavy atom. The summed E-state index contributed by atoms with van der Waals surface area (Å²) in [4.78, 5) is 25.8. The molecule has 0 unspecified atom stereocenters. The monoisotopic (exact) mass is 335 g/mol. The fourth-order valence-corrected chi connectivity index (χ4v) is 3.61. The predicted octanol–water partition coefficient (Wildman–Crippen LogP) is 1.44. The molecule has 23 heavy (non-hydrogen) atoms. The van der Waals surface area contributed by atoms with Crippen LogP contribution in [0.2, 0.25) is 5.02 Å². The van der Waals surface area contributed by atoms with Gasteiger partial charge in [0, 0.05) is 17.6 Å². The Labute approximate surface area is 141 Å². The van der Waals surface area contributed by atoms with Gasteiger partial charge in [-0.15, -0.1) is 0 Å². The summed E-state index contributed by atoms with van der Waals surface area (Å²) in [6.07, 6.45) is 3.61. The molecule has 0 bridgehead atoms. The Bertz CT molecular complexity index is 616. The summed E-state index contributed by atoms with van der Waals surface area (Å²) >= 11 is 6.06. The summed E-state index contributed by atoms with van der Waals surface area (Å²) < 4.78 is 0. The first-order valence-corrected chi connectivity index (χ1v) is 8.45. The number of piperidine rings is 1. The van der Waals surface area contributed by atoms with E-state index in [1.165, 1.54) is 0 Å². The topological polar surface area (TPSA) is 75.4 Å². The molecule has 6 heteroatoms. The number of nitrogens with two attached hydrogens (primary N) is 1. The van der Waals surface area contributed by atoms with Gasteiger partial charge in [-0.3, -0.25) is 14.5 Å². The largest absolute Gasteiger partial charge is 0.369 e. The first-order valence-electron chi connectivity index (χ1n) is 8.07. The molecule has 1 saturated heterocycles. The van der Waals surface area contributed by atoms with E-state index in [0.717, 1.165) is 37.8 Å². The fourth-order valence-electron chi connectivity index (χ4n) is 3.42. The van der Waals surface area contributed by atoms with Crippen molar-refractivity contribution in [2.75, 3.05) is 19.6 Å². The SMILES string of the molecule is NC(=O)CN1CCC[C@@H](NC(=O)C2(c3cccc(Cl)c3)CC2)C1. The van der Waals surface area contributed by atoms with Gasteiger partial charge in [0.25, 0.3) is 0 Å². The van der Waals surface area contributed by atoms with Crippen LogP contribution in [0.15, 0.2) is 24.3 Å². The van der Waals surface area contributed by atoms with Gasteiger partial charge in [-0.05, 0) is 49.9 Å². The average Bonchev–Trinajstić information content (AvgIpc) is 3.28. The lowest BCUT2D eigenvalue weighted by Gasteiger charge is -2.33. The molecule has 1 atom stereocenters. The molecular formula is C17H22ClN3O2. The van der Waals surface area contributed by atoms with Gasteiger partial charge in [0.05, 0.1) is 12.0 Å². The molecule has 2 fully saturated rings. The third-order valence-electron chi connectivity index (χ3n) is 4.78. The van der Waals surface area contributed by atoms with E-state index in [1.54, 1.807) is 0 Å². The van der Waals surface area contributed by atoms with Crippen LogP contribution in [0, 0.1) is 0 Å². The highest BCUT2D eigenvalue weighted by Crippen LogP contribution is 2.49. The molecule has 1 saturated carbocycles. The van der Waals surface area contributed by atoms with Crippen LogP contribution in [0.1, 0.15) is 31.2 Å². The van der Waals surface area contributed by atoms with Crippen molar-refractivity contribution in [1.29, 1.82) is 0 Å². The zero-order valence-electron chi connectivity index (χ0n) is 13.1. The number of primary amides is 1. The normalized spacial score (nSPS) is 23.3. The molecule has 5 nitrogen and oxygen atoms in total. The van der Waals surface area contributed by atoms with Crippen molar-refractivity contribution in [2.24, 2.45) is 5.73 Å². The molecule has 2 amide bonds. The Morgan fingerprint density at radius 2 is 2.17 bits per heavy atom. The number of amides is 2. The molecule has 1 aliphatic carbocycles. The maximum Gasteiger partial charge on any atom is 0.231 e. The minimum Gasteiger partial charge on any atom is -0.369 e. The minimum atomic E-state index is -0.420. The first-order chi connectivity index (χ1) is 11.0. The number of hydrogen-bond acceptors (Lipinski definition) is 3.